The maximum atomic E-state index is 12.2. The van der Waals surface area contributed by atoms with Crippen LogP contribution in [0.5, 0.6) is 0 Å². The SMILES string of the molecule is N#CCC(c1cccc(NC(=O)COC(=O)C(F)(F)F)c1)n1cc(-c2ncnc3[nH]ccc23)cn1. The molecule has 178 valence electrons. The van der Waals surface area contributed by atoms with E-state index in [-0.39, 0.29) is 12.1 Å². The Morgan fingerprint density at radius 1 is 1.26 bits per heavy atom. The van der Waals surface area contributed by atoms with Crippen LogP contribution in [0.2, 0.25) is 0 Å². The number of aromatic nitrogens is 5. The Bertz CT molecular complexity index is 1420. The van der Waals surface area contributed by atoms with Crippen molar-refractivity contribution in [3.05, 3.63) is 60.8 Å². The number of ether oxygens (including phenoxy) is 1. The summed E-state index contributed by atoms with van der Waals surface area (Å²) >= 11 is 0. The van der Waals surface area contributed by atoms with Crippen LogP contribution in [0.15, 0.2) is 55.2 Å². The van der Waals surface area contributed by atoms with Gasteiger partial charge in [0.2, 0.25) is 0 Å². The first-order valence-corrected chi connectivity index (χ1v) is 10.1. The van der Waals surface area contributed by atoms with Gasteiger partial charge in [-0.2, -0.15) is 23.5 Å². The number of hydrogen-bond acceptors (Lipinski definition) is 7. The van der Waals surface area contributed by atoms with Gasteiger partial charge in [0.1, 0.15) is 12.0 Å². The molecule has 0 bridgehead atoms. The van der Waals surface area contributed by atoms with Gasteiger partial charge in [0, 0.05) is 29.0 Å². The van der Waals surface area contributed by atoms with Crippen LogP contribution < -0.4 is 5.32 Å². The van der Waals surface area contributed by atoms with Gasteiger partial charge < -0.3 is 15.0 Å². The average molecular weight is 483 g/mol. The van der Waals surface area contributed by atoms with E-state index in [1.807, 2.05) is 6.07 Å². The van der Waals surface area contributed by atoms with E-state index in [0.29, 0.717) is 22.5 Å². The van der Waals surface area contributed by atoms with Crippen LogP contribution in [-0.4, -0.2) is 49.4 Å². The molecule has 3 heterocycles. The molecule has 0 saturated carbocycles. The van der Waals surface area contributed by atoms with E-state index >= 15 is 0 Å². The highest BCUT2D eigenvalue weighted by Gasteiger charge is 2.41. The van der Waals surface area contributed by atoms with Crippen molar-refractivity contribution < 1.29 is 27.5 Å². The van der Waals surface area contributed by atoms with E-state index in [9.17, 15) is 28.0 Å². The van der Waals surface area contributed by atoms with Crippen LogP contribution in [0.4, 0.5) is 18.9 Å². The first kappa shape index (κ1) is 23.4. The van der Waals surface area contributed by atoms with E-state index < -0.39 is 30.7 Å². The standard InChI is InChI=1S/C22H16F3N7O3/c23-22(24,25)21(34)35-11-18(33)31-15-3-1-2-13(8-15)17(4-6-26)32-10-14(9-30-32)19-16-5-7-27-20(16)29-12-28-19/h1-3,5,7-10,12,17H,4,11H2,(H,31,33)(H,27,28,29). The molecule has 3 aromatic heterocycles. The number of H-pyrrole nitrogens is 1. The molecule has 2 N–H and O–H groups in total. The number of aromatic amines is 1. The summed E-state index contributed by atoms with van der Waals surface area (Å²) in [5.74, 6) is -3.40. The number of halogens is 3. The summed E-state index contributed by atoms with van der Waals surface area (Å²) in [7, 11) is 0. The molecule has 4 rings (SSSR count). The zero-order chi connectivity index (χ0) is 25.0. The lowest BCUT2D eigenvalue weighted by atomic mass is 10.0. The van der Waals surface area contributed by atoms with Crippen molar-refractivity contribution in [1.82, 2.24) is 24.7 Å². The maximum absolute atomic E-state index is 12.2. The third-order valence-corrected chi connectivity index (χ3v) is 4.95. The molecule has 0 aliphatic rings. The topological polar surface area (TPSA) is 139 Å². The number of rotatable bonds is 7. The first-order chi connectivity index (χ1) is 16.8. The Labute approximate surface area is 195 Å². The second-order valence-electron chi connectivity index (χ2n) is 7.30. The minimum atomic E-state index is -5.19. The number of alkyl halides is 3. The Morgan fingerprint density at radius 3 is 2.86 bits per heavy atom. The van der Waals surface area contributed by atoms with Crippen molar-refractivity contribution in [2.75, 3.05) is 11.9 Å². The summed E-state index contributed by atoms with van der Waals surface area (Å²) in [5.41, 5.74) is 2.89. The lowest BCUT2D eigenvalue weighted by Gasteiger charge is -2.16. The quantitative estimate of drug-likeness (QED) is 0.384. The van der Waals surface area contributed by atoms with Crippen LogP contribution >= 0.6 is 0 Å². The lowest BCUT2D eigenvalue weighted by Crippen LogP contribution is -2.29. The molecule has 10 nitrogen and oxygen atoms in total. The number of hydrogen-bond donors (Lipinski definition) is 2. The van der Waals surface area contributed by atoms with Crippen LogP contribution in [0, 0.1) is 11.3 Å². The largest absolute Gasteiger partial charge is 0.490 e. The van der Waals surface area contributed by atoms with E-state index in [1.54, 1.807) is 41.5 Å². The smallest absolute Gasteiger partial charge is 0.449 e. The second-order valence-corrected chi connectivity index (χ2v) is 7.30. The van der Waals surface area contributed by atoms with Gasteiger partial charge in [0.05, 0.1) is 30.4 Å². The second kappa shape index (κ2) is 9.64. The third kappa shape index (κ3) is 5.27. The maximum Gasteiger partial charge on any atom is 0.490 e. The number of esters is 1. The molecule has 4 aromatic rings. The summed E-state index contributed by atoms with van der Waals surface area (Å²) in [5, 5.41) is 16.9. The highest BCUT2D eigenvalue weighted by Crippen LogP contribution is 2.28. The van der Waals surface area contributed by atoms with Crippen LogP contribution in [0.3, 0.4) is 0 Å². The molecule has 0 spiro atoms. The number of anilines is 1. The number of nitrogens with one attached hydrogen (secondary N) is 2. The highest BCUT2D eigenvalue weighted by atomic mass is 19.4. The number of amides is 1. The molecule has 1 atom stereocenters. The molecular formula is C22H16F3N7O3. The fourth-order valence-corrected chi connectivity index (χ4v) is 3.42. The summed E-state index contributed by atoms with van der Waals surface area (Å²) in [6, 6.07) is 9.81. The van der Waals surface area contributed by atoms with E-state index in [1.165, 1.54) is 12.4 Å². The minimum Gasteiger partial charge on any atom is -0.449 e. The lowest BCUT2D eigenvalue weighted by molar-refractivity contribution is -0.199. The fourth-order valence-electron chi connectivity index (χ4n) is 3.42. The van der Waals surface area contributed by atoms with Crippen molar-refractivity contribution in [2.45, 2.75) is 18.6 Å². The predicted molar refractivity (Wildman–Crippen MR) is 116 cm³/mol. The summed E-state index contributed by atoms with van der Waals surface area (Å²) in [4.78, 5) is 34.2. The van der Waals surface area contributed by atoms with E-state index in [0.717, 1.165) is 5.39 Å². The fraction of sp³-hybridized carbons (Fsp3) is 0.182. The van der Waals surface area contributed by atoms with Gasteiger partial charge in [0.15, 0.2) is 6.61 Å². The Kier molecular flexibility index (Phi) is 6.45. The van der Waals surface area contributed by atoms with Gasteiger partial charge in [-0.1, -0.05) is 12.1 Å². The zero-order valence-corrected chi connectivity index (χ0v) is 17.8. The molecule has 0 aliphatic carbocycles. The number of nitriles is 1. The van der Waals surface area contributed by atoms with E-state index in [4.69, 9.17) is 0 Å². The normalized spacial score (nSPS) is 12.2. The van der Waals surface area contributed by atoms with Gasteiger partial charge in [-0.05, 0) is 23.8 Å². The molecule has 35 heavy (non-hydrogen) atoms. The van der Waals surface area contributed by atoms with Crippen LogP contribution in [-0.2, 0) is 14.3 Å². The highest BCUT2D eigenvalue weighted by molar-refractivity contribution is 5.93. The Balaban J connectivity index is 1.53. The zero-order valence-electron chi connectivity index (χ0n) is 17.8. The summed E-state index contributed by atoms with van der Waals surface area (Å²) in [6.45, 7) is -1.10. The molecule has 1 unspecified atom stereocenters. The van der Waals surface area contributed by atoms with Crippen molar-refractivity contribution >= 4 is 28.6 Å². The Morgan fingerprint density at radius 2 is 2.09 bits per heavy atom. The number of carbonyl (C=O) groups excluding carboxylic acids is 2. The van der Waals surface area contributed by atoms with Crippen molar-refractivity contribution in [2.24, 2.45) is 0 Å². The molecule has 13 heteroatoms. The van der Waals surface area contributed by atoms with Crippen molar-refractivity contribution in [3.63, 3.8) is 0 Å². The Hall–Kier alpha value is -4.73. The number of fused-ring (bicyclic) bond motifs is 1. The van der Waals surface area contributed by atoms with Gasteiger partial charge in [0.25, 0.3) is 5.91 Å². The molecule has 0 saturated heterocycles. The molecule has 0 radical (unpaired) electrons. The summed E-state index contributed by atoms with van der Waals surface area (Å²) in [6.07, 6.45) is 1.38. The minimum absolute atomic E-state index is 0.0467. The van der Waals surface area contributed by atoms with Gasteiger partial charge in [-0.15, -0.1) is 0 Å². The van der Waals surface area contributed by atoms with Crippen molar-refractivity contribution in [3.8, 4) is 17.3 Å². The van der Waals surface area contributed by atoms with Crippen LogP contribution in [0.1, 0.15) is 18.0 Å². The molecule has 0 aliphatic heterocycles. The molecular weight excluding hydrogens is 467 g/mol. The van der Waals surface area contributed by atoms with Gasteiger partial charge in [-0.3, -0.25) is 9.48 Å². The average Bonchev–Trinajstić information content (AvgIpc) is 3.50. The monoisotopic (exact) mass is 483 g/mol. The van der Waals surface area contributed by atoms with Crippen LogP contribution in [0.25, 0.3) is 22.3 Å². The van der Waals surface area contributed by atoms with Gasteiger partial charge in [-0.25, -0.2) is 14.8 Å². The van der Waals surface area contributed by atoms with Crippen molar-refractivity contribution in [1.29, 1.82) is 5.26 Å². The number of nitrogens with zero attached hydrogens (tertiary/aromatic N) is 5. The first-order valence-electron chi connectivity index (χ1n) is 10.1. The van der Waals surface area contributed by atoms with E-state index in [2.05, 4.69) is 36.2 Å². The van der Waals surface area contributed by atoms with Gasteiger partial charge >= 0.3 is 12.1 Å². The molecule has 1 aromatic carbocycles. The third-order valence-electron chi connectivity index (χ3n) is 4.95. The predicted octanol–water partition coefficient (Wildman–Crippen LogP) is 3.37. The number of carbonyl (C=O) groups is 2. The molecule has 1 amide bonds. The summed E-state index contributed by atoms with van der Waals surface area (Å²) < 4.78 is 42.2. The molecule has 0 fully saturated rings. The number of benzene rings is 1.